The van der Waals surface area contributed by atoms with E-state index in [1.807, 2.05) is 0 Å². The predicted molar refractivity (Wildman–Crippen MR) is 144 cm³/mol. The molecule has 1 aromatic heterocycles. The van der Waals surface area contributed by atoms with E-state index in [0.717, 1.165) is 5.56 Å². The first kappa shape index (κ1) is 25.9. The lowest BCUT2D eigenvalue weighted by atomic mass is 9.87. The fourth-order valence-electron chi connectivity index (χ4n) is 4.39. The molecule has 0 spiro atoms. The summed E-state index contributed by atoms with van der Waals surface area (Å²) in [6, 6.07) is 17.6. The maximum absolute atomic E-state index is 13.8. The van der Waals surface area contributed by atoms with Crippen LogP contribution in [0.15, 0.2) is 76.4 Å². The van der Waals surface area contributed by atoms with Crippen molar-refractivity contribution in [3.05, 3.63) is 99.6 Å². The molecule has 5 rings (SSSR count). The normalized spacial score (nSPS) is 13.7. The minimum Gasteiger partial charge on any atom is -0.486 e. The molecular formula is C29H29FN2O5S. The van der Waals surface area contributed by atoms with Crippen molar-refractivity contribution in [2.45, 2.75) is 44.2 Å². The average Bonchev–Trinajstić information content (AvgIpc) is 2.88. The van der Waals surface area contributed by atoms with Gasteiger partial charge in [0.15, 0.2) is 11.5 Å². The topological polar surface area (TPSA) is 88.7 Å². The third-order valence-corrected chi connectivity index (χ3v) is 8.37. The molecule has 0 bridgehead atoms. The molecule has 0 radical (unpaired) electrons. The van der Waals surface area contributed by atoms with E-state index in [9.17, 15) is 17.6 Å². The summed E-state index contributed by atoms with van der Waals surface area (Å²) >= 11 is 0. The largest absolute Gasteiger partial charge is 0.486 e. The van der Waals surface area contributed by atoms with E-state index in [4.69, 9.17) is 9.47 Å². The number of rotatable bonds is 6. The lowest BCUT2D eigenvalue weighted by Crippen LogP contribution is -2.32. The Labute approximate surface area is 220 Å². The summed E-state index contributed by atoms with van der Waals surface area (Å²) in [6.45, 7) is 6.79. The highest BCUT2D eigenvalue weighted by Crippen LogP contribution is 2.34. The predicted octanol–water partition coefficient (Wildman–Crippen LogP) is 5.13. The summed E-state index contributed by atoms with van der Waals surface area (Å²) < 4.78 is 53.7. The first-order chi connectivity index (χ1) is 18.0. The SMILES string of the molecule is CC(C)(C)c1ccc(S(=O)(=O)N(Cc2ccc(F)cc2)Cc2cc3cc4c(cc3[nH]c2=O)OCCO4)cc1. The van der Waals surface area contributed by atoms with Crippen LogP contribution in [0.2, 0.25) is 0 Å². The molecular weight excluding hydrogens is 507 g/mol. The van der Waals surface area contributed by atoms with E-state index in [1.165, 1.54) is 28.6 Å². The van der Waals surface area contributed by atoms with E-state index in [1.54, 1.807) is 42.5 Å². The van der Waals surface area contributed by atoms with Crippen LogP contribution in [0, 0.1) is 5.82 Å². The second-order valence-electron chi connectivity index (χ2n) is 10.4. The van der Waals surface area contributed by atoms with Gasteiger partial charge in [-0.2, -0.15) is 4.31 Å². The van der Waals surface area contributed by atoms with Crippen LogP contribution in [0.5, 0.6) is 11.5 Å². The number of benzene rings is 3. The van der Waals surface area contributed by atoms with E-state index < -0.39 is 21.4 Å². The Morgan fingerprint density at radius 1 is 0.895 bits per heavy atom. The van der Waals surface area contributed by atoms with Gasteiger partial charge in [-0.15, -0.1) is 0 Å². The van der Waals surface area contributed by atoms with Crippen molar-refractivity contribution in [2.24, 2.45) is 0 Å². The highest BCUT2D eigenvalue weighted by atomic mass is 32.2. The van der Waals surface area contributed by atoms with Crippen molar-refractivity contribution in [3.63, 3.8) is 0 Å². The van der Waals surface area contributed by atoms with Gasteiger partial charge in [-0.3, -0.25) is 4.79 Å². The number of sulfonamides is 1. The lowest BCUT2D eigenvalue weighted by Gasteiger charge is -2.24. The van der Waals surface area contributed by atoms with Gasteiger partial charge < -0.3 is 14.5 Å². The zero-order valence-corrected chi connectivity index (χ0v) is 22.3. The molecule has 38 heavy (non-hydrogen) atoms. The quantitative estimate of drug-likeness (QED) is 0.369. The Bertz CT molecular complexity index is 1640. The fraction of sp³-hybridized carbons (Fsp3) is 0.276. The second kappa shape index (κ2) is 9.89. The second-order valence-corrected chi connectivity index (χ2v) is 12.3. The van der Waals surface area contributed by atoms with Gasteiger partial charge in [0.2, 0.25) is 10.0 Å². The summed E-state index contributed by atoms with van der Waals surface area (Å²) in [5.74, 6) is 0.698. The number of H-pyrrole nitrogens is 1. The van der Waals surface area contributed by atoms with E-state index >= 15 is 0 Å². The summed E-state index contributed by atoms with van der Waals surface area (Å²) in [7, 11) is -4.01. The number of halogens is 1. The molecule has 0 saturated carbocycles. The molecule has 4 aromatic rings. The molecule has 1 aliphatic heterocycles. The van der Waals surface area contributed by atoms with Gasteiger partial charge >= 0.3 is 0 Å². The Morgan fingerprint density at radius 2 is 1.53 bits per heavy atom. The van der Waals surface area contributed by atoms with Crippen molar-refractivity contribution in [3.8, 4) is 11.5 Å². The number of pyridine rings is 1. The van der Waals surface area contributed by atoms with Gasteiger partial charge in [0, 0.05) is 30.1 Å². The third-order valence-electron chi connectivity index (χ3n) is 6.56. The maximum atomic E-state index is 13.8. The molecule has 7 nitrogen and oxygen atoms in total. The lowest BCUT2D eigenvalue weighted by molar-refractivity contribution is 0.172. The number of hydrogen-bond acceptors (Lipinski definition) is 5. The molecule has 9 heteroatoms. The van der Waals surface area contributed by atoms with Gasteiger partial charge in [0.05, 0.1) is 10.4 Å². The molecule has 0 saturated heterocycles. The van der Waals surface area contributed by atoms with E-state index in [0.29, 0.717) is 41.2 Å². The van der Waals surface area contributed by atoms with Crippen LogP contribution in [-0.4, -0.2) is 30.9 Å². The van der Waals surface area contributed by atoms with Crippen LogP contribution in [0.4, 0.5) is 4.39 Å². The maximum Gasteiger partial charge on any atom is 0.252 e. The van der Waals surface area contributed by atoms with Crippen molar-refractivity contribution >= 4 is 20.9 Å². The number of hydrogen-bond donors (Lipinski definition) is 1. The molecule has 198 valence electrons. The molecule has 1 N–H and O–H groups in total. The van der Waals surface area contributed by atoms with Crippen molar-refractivity contribution in [1.29, 1.82) is 0 Å². The van der Waals surface area contributed by atoms with E-state index in [2.05, 4.69) is 25.8 Å². The minimum atomic E-state index is -4.01. The van der Waals surface area contributed by atoms with Crippen molar-refractivity contribution < 1.29 is 22.3 Å². The Hall–Kier alpha value is -3.69. The summed E-state index contributed by atoms with van der Waals surface area (Å²) in [5, 5.41) is 0.692. The number of ether oxygens (including phenoxy) is 2. The molecule has 3 aromatic carbocycles. The summed E-state index contributed by atoms with van der Waals surface area (Å²) in [5.41, 5.74) is 1.89. The first-order valence-electron chi connectivity index (χ1n) is 12.3. The van der Waals surface area contributed by atoms with Crippen LogP contribution >= 0.6 is 0 Å². The highest BCUT2D eigenvalue weighted by Gasteiger charge is 2.27. The molecule has 1 aliphatic rings. The van der Waals surface area contributed by atoms with E-state index in [-0.39, 0.29) is 29.0 Å². The van der Waals surface area contributed by atoms with Crippen LogP contribution in [0.25, 0.3) is 10.9 Å². The number of nitrogens with zero attached hydrogens (tertiary/aromatic N) is 1. The standard InChI is InChI=1S/C29H29FN2O5S/c1-29(2,3)22-6-10-24(11-7-22)38(34,35)32(17-19-4-8-23(30)9-5-19)18-21-14-20-15-26-27(37-13-12-36-26)16-25(20)31-28(21)33/h4-11,14-16H,12-13,17-18H2,1-3H3,(H,31,33). The van der Waals surface area contributed by atoms with Gasteiger partial charge in [-0.25, -0.2) is 12.8 Å². The van der Waals surface area contributed by atoms with Gasteiger partial charge in [0.25, 0.3) is 5.56 Å². The Balaban J connectivity index is 1.54. The van der Waals surface area contributed by atoms with Crippen molar-refractivity contribution in [1.82, 2.24) is 9.29 Å². The monoisotopic (exact) mass is 536 g/mol. The molecule has 0 amide bonds. The molecule has 0 aliphatic carbocycles. The molecule has 2 heterocycles. The first-order valence-corrected chi connectivity index (χ1v) is 13.8. The number of fused-ring (bicyclic) bond motifs is 2. The number of aromatic nitrogens is 1. The van der Waals surface area contributed by atoms with Crippen molar-refractivity contribution in [2.75, 3.05) is 13.2 Å². The highest BCUT2D eigenvalue weighted by molar-refractivity contribution is 7.89. The van der Waals surface area contributed by atoms with Gasteiger partial charge in [0.1, 0.15) is 19.0 Å². The van der Waals surface area contributed by atoms with Crippen LogP contribution in [0.1, 0.15) is 37.5 Å². The summed E-state index contributed by atoms with van der Waals surface area (Å²) in [4.78, 5) is 16.0. The smallest absolute Gasteiger partial charge is 0.252 e. The molecule has 0 unspecified atom stereocenters. The zero-order chi connectivity index (χ0) is 27.1. The fourth-order valence-corrected chi connectivity index (χ4v) is 5.80. The third kappa shape index (κ3) is 5.30. The van der Waals surface area contributed by atoms with Crippen LogP contribution < -0.4 is 15.0 Å². The minimum absolute atomic E-state index is 0.0394. The Morgan fingerprint density at radius 3 is 2.16 bits per heavy atom. The van der Waals surface area contributed by atoms with Gasteiger partial charge in [-0.05, 0) is 52.9 Å². The summed E-state index contributed by atoms with van der Waals surface area (Å²) in [6.07, 6.45) is 0. The molecule has 0 fully saturated rings. The number of nitrogens with one attached hydrogen (secondary N) is 1. The average molecular weight is 537 g/mol. The zero-order valence-electron chi connectivity index (χ0n) is 21.5. The van der Waals surface area contributed by atoms with Crippen LogP contribution in [0.3, 0.4) is 0 Å². The van der Waals surface area contributed by atoms with Crippen LogP contribution in [-0.2, 0) is 28.5 Å². The van der Waals surface area contributed by atoms with Gasteiger partial charge in [-0.1, -0.05) is 45.0 Å². The number of aromatic amines is 1. The molecule has 0 atom stereocenters. The Kier molecular flexibility index (Phi) is 6.75.